The Morgan fingerprint density at radius 3 is 2.43 bits per heavy atom. The molecule has 0 spiro atoms. The fraction of sp³-hybridized carbons (Fsp3) is 0.875. The summed E-state index contributed by atoms with van der Waals surface area (Å²) in [4.78, 5) is 14.1. The van der Waals surface area contributed by atoms with Gasteiger partial charge < -0.3 is 10.4 Å². The quantitative estimate of drug-likeness (QED) is 0.754. The smallest absolute Gasteiger partial charge is 0.235 e. The molecule has 2 aliphatic rings. The third-order valence-corrected chi connectivity index (χ3v) is 4.67. The average Bonchev–Trinajstić information content (AvgIpc) is 2.63. The van der Waals surface area contributed by atoms with E-state index in [-0.39, 0.29) is 12.5 Å². The van der Waals surface area contributed by atoms with E-state index in [0.717, 1.165) is 51.4 Å². The molecule has 0 radical (unpaired) electrons. The average molecular weight is 293 g/mol. The number of nitriles is 1. The van der Waals surface area contributed by atoms with Gasteiger partial charge in [-0.3, -0.25) is 9.69 Å². The molecule has 0 aromatic heterocycles. The summed E-state index contributed by atoms with van der Waals surface area (Å²) in [5.74, 6) is -0.0861. The van der Waals surface area contributed by atoms with Crippen LogP contribution in [-0.2, 0) is 4.79 Å². The van der Waals surface area contributed by atoms with Gasteiger partial charge in [-0.25, -0.2) is 0 Å². The molecule has 2 fully saturated rings. The molecule has 118 valence electrons. The molecule has 2 N–H and O–H groups in total. The van der Waals surface area contributed by atoms with Crippen LogP contribution < -0.4 is 5.32 Å². The molecule has 1 amide bonds. The van der Waals surface area contributed by atoms with Gasteiger partial charge in [-0.15, -0.1) is 0 Å². The first-order valence-corrected chi connectivity index (χ1v) is 8.18. The van der Waals surface area contributed by atoms with Crippen LogP contribution in [0.3, 0.4) is 0 Å². The van der Waals surface area contributed by atoms with Crippen molar-refractivity contribution in [2.24, 2.45) is 0 Å². The van der Waals surface area contributed by atoms with Gasteiger partial charge in [0.2, 0.25) is 5.91 Å². The number of carbonyl (C=O) groups is 1. The molecule has 21 heavy (non-hydrogen) atoms. The second-order valence-electron chi connectivity index (χ2n) is 6.78. The Hall–Kier alpha value is -1.12. The highest BCUT2D eigenvalue weighted by Crippen LogP contribution is 2.28. The Labute approximate surface area is 127 Å². The Bertz CT molecular complexity index is 402. The second kappa shape index (κ2) is 6.76. The summed E-state index contributed by atoms with van der Waals surface area (Å²) in [6.45, 7) is 3.47. The van der Waals surface area contributed by atoms with Crippen molar-refractivity contribution in [3.8, 4) is 6.07 Å². The zero-order valence-corrected chi connectivity index (χ0v) is 13.0. The number of nitrogens with zero attached hydrogens (tertiary/aromatic N) is 2. The maximum absolute atomic E-state index is 12.2. The number of carbonyl (C=O) groups excluding carboxylic acids is 1. The van der Waals surface area contributed by atoms with E-state index in [2.05, 4.69) is 18.3 Å². The molecule has 1 aliphatic carbocycles. The minimum absolute atomic E-state index is 0.0861. The molecule has 0 aromatic rings. The molecular formula is C16H27N3O2. The monoisotopic (exact) mass is 293 g/mol. The lowest BCUT2D eigenvalue weighted by Gasteiger charge is -2.46. The highest BCUT2D eigenvalue weighted by molar-refractivity contribution is 5.79. The highest BCUT2D eigenvalue weighted by atomic mass is 16.3. The van der Waals surface area contributed by atoms with Crippen molar-refractivity contribution >= 4 is 5.91 Å². The van der Waals surface area contributed by atoms with E-state index in [1.54, 1.807) is 0 Å². The van der Waals surface area contributed by atoms with Crippen molar-refractivity contribution in [3.63, 3.8) is 0 Å². The first kappa shape index (κ1) is 16.3. The van der Waals surface area contributed by atoms with E-state index in [0.29, 0.717) is 13.1 Å². The third-order valence-electron chi connectivity index (χ3n) is 4.67. The molecule has 1 saturated carbocycles. The minimum atomic E-state index is -0.668. The predicted octanol–water partition coefficient (Wildman–Crippen LogP) is 1.57. The van der Waals surface area contributed by atoms with Gasteiger partial charge in [-0.05, 0) is 19.3 Å². The fourth-order valence-electron chi connectivity index (χ4n) is 3.63. The van der Waals surface area contributed by atoms with Crippen LogP contribution in [0.1, 0.15) is 58.3 Å². The van der Waals surface area contributed by atoms with Crippen LogP contribution in [0, 0.1) is 11.3 Å². The molecule has 1 heterocycles. The Kier molecular flexibility index (Phi) is 5.23. The van der Waals surface area contributed by atoms with Gasteiger partial charge in [0.1, 0.15) is 5.54 Å². The maximum Gasteiger partial charge on any atom is 0.235 e. The lowest BCUT2D eigenvalue weighted by molar-refractivity contribution is -0.134. The van der Waals surface area contributed by atoms with Gasteiger partial charge in [0, 0.05) is 13.1 Å². The van der Waals surface area contributed by atoms with Gasteiger partial charge >= 0.3 is 0 Å². The van der Waals surface area contributed by atoms with Crippen molar-refractivity contribution < 1.29 is 9.90 Å². The molecule has 5 heteroatoms. The normalized spacial score (nSPS) is 24.4. The van der Waals surface area contributed by atoms with Gasteiger partial charge in [-0.2, -0.15) is 5.26 Å². The summed E-state index contributed by atoms with van der Waals surface area (Å²) < 4.78 is 0. The molecular weight excluding hydrogens is 266 g/mol. The highest BCUT2D eigenvalue weighted by Gasteiger charge is 2.41. The van der Waals surface area contributed by atoms with E-state index in [1.165, 1.54) is 0 Å². The van der Waals surface area contributed by atoms with E-state index < -0.39 is 11.1 Å². The molecule has 0 bridgehead atoms. The number of nitrogens with one attached hydrogen (secondary N) is 1. The number of likely N-dealkylation sites (tertiary alicyclic amines) is 1. The first-order chi connectivity index (χ1) is 10.0. The Morgan fingerprint density at radius 1 is 1.29 bits per heavy atom. The number of β-amino-alcohol motifs (C(OH)–C–C–N with tert-alkyl or cyclic N) is 1. The molecule has 1 aliphatic heterocycles. The number of amides is 1. The minimum Gasteiger partial charge on any atom is -0.387 e. The van der Waals surface area contributed by atoms with E-state index in [9.17, 15) is 15.2 Å². The van der Waals surface area contributed by atoms with E-state index in [4.69, 9.17) is 0 Å². The molecule has 0 aromatic carbocycles. The zero-order chi connectivity index (χ0) is 15.3. The van der Waals surface area contributed by atoms with Gasteiger partial charge in [-0.1, -0.05) is 39.0 Å². The van der Waals surface area contributed by atoms with Crippen molar-refractivity contribution in [1.29, 1.82) is 5.26 Å². The fourth-order valence-corrected chi connectivity index (χ4v) is 3.63. The van der Waals surface area contributed by atoms with Crippen LogP contribution in [0.2, 0.25) is 0 Å². The number of hydrogen-bond acceptors (Lipinski definition) is 4. The largest absolute Gasteiger partial charge is 0.387 e. The summed E-state index contributed by atoms with van der Waals surface area (Å²) in [6.07, 6.45) is 7.57. The van der Waals surface area contributed by atoms with E-state index >= 15 is 0 Å². The summed E-state index contributed by atoms with van der Waals surface area (Å²) in [5.41, 5.74) is -1.28. The third kappa shape index (κ3) is 4.18. The lowest BCUT2D eigenvalue weighted by atomic mass is 9.89. The summed E-state index contributed by atoms with van der Waals surface area (Å²) in [6, 6.07) is 2.33. The van der Waals surface area contributed by atoms with Gasteiger partial charge in [0.25, 0.3) is 0 Å². The molecule has 5 nitrogen and oxygen atoms in total. The summed E-state index contributed by atoms with van der Waals surface area (Å²) in [5, 5.41) is 22.5. The van der Waals surface area contributed by atoms with Gasteiger partial charge in [0.05, 0.1) is 18.2 Å². The summed E-state index contributed by atoms with van der Waals surface area (Å²) in [7, 11) is 0. The van der Waals surface area contributed by atoms with Crippen molar-refractivity contribution in [1.82, 2.24) is 10.2 Å². The van der Waals surface area contributed by atoms with Crippen LogP contribution >= 0.6 is 0 Å². The number of rotatable bonds is 5. The van der Waals surface area contributed by atoms with E-state index in [1.807, 2.05) is 4.90 Å². The first-order valence-electron chi connectivity index (χ1n) is 8.18. The van der Waals surface area contributed by atoms with Gasteiger partial charge in [0.15, 0.2) is 0 Å². The number of hydrogen-bond donors (Lipinski definition) is 2. The number of aliphatic hydroxyl groups is 1. The maximum atomic E-state index is 12.2. The zero-order valence-electron chi connectivity index (χ0n) is 13.0. The molecule has 1 saturated heterocycles. The van der Waals surface area contributed by atoms with Crippen molar-refractivity contribution in [2.75, 3.05) is 19.6 Å². The second-order valence-corrected chi connectivity index (χ2v) is 6.78. The topological polar surface area (TPSA) is 76.4 Å². The van der Waals surface area contributed by atoms with Crippen LogP contribution in [0.5, 0.6) is 0 Å². The Balaban J connectivity index is 1.80. The molecule has 0 unspecified atom stereocenters. The standard InChI is InChI=1S/C16H27N3O2/c1-2-7-16(21)12-19(13-16)10-14(20)18-15(11-17)8-5-3-4-6-9-15/h21H,2-10,12-13H2,1H3,(H,18,20). The van der Waals surface area contributed by atoms with Crippen LogP contribution in [0.15, 0.2) is 0 Å². The molecule has 0 atom stereocenters. The Morgan fingerprint density at radius 2 is 1.90 bits per heavy atom. The molecule has 2 rings (SSSR count). The van der Waals surface area contributed by atoms with Crippen LogP contribution in [0.4, 0.5) is 0 Å². The predicted molar refractivity (Wildman–Crippen MR) is 80.5 cm³/mol. The van der Waals surface area contributed by atoms with Crippen LogP contribution in [0.25, 0.3) is 0 Å². The lowest BCUT2D eigenvalue weighted by Crippen LogP contribution is -2.64. The van der Waals surface area contributed by atoms with Crippen molar-refractivity contribution in [3.05, 3.63) is 0 Å². The van der Waals surface area contributed by atoms with Crippen LogP contribution in [-0.4, -0.2) is 46.7 Å². The summed E-state index contributed by atoms with van der Waals surface area (Å²) >= 11 is 0. The van der Waals surface area contributed by atoms with Crippen molar-refractivity contribution in [2.45, 2.75) is 69.4 Å². The SMILES string of the molecule is CCCC1(O)CN(CC(=O)NC2(C#N)CCCCCC2)C1.